The first kappa shape index (κ1) is 19.3. The molecule has 4 aliphatic carbocycles. The van der Waals surface area contributed by atoms with Gasteiger partial charge in [0.2, 0.25) is 0 Å². The van der Waals surface area contributed by atoms with Crippen LogP contribution in [0.4, 0.5) is 0 Å². The second-order valence-corrected chi connectivity index (χ2v) is 8.19. The molecule has 0 unspecified atom stereocenters. The smallest absolute Gasteiger partial charge is 0.255 e. The van der Waals surface area contributed by atoms with Gasteiger partial charge < -0.3 is 32.9 Å². The van der Waals surface area contributed by atoms with Crippen LogP contribution in [0, 0.1) is 23.7 Å². The van der Waals surface area contributed by atoms with Gasteiger partial charge in [-0.1, -0.05) is 0 Å². The molecule has 26 heavy (non-hydrogen) atoms. The molecule has 0 radical (unpaired) electrons. The lowest BCUT2D eigenvalue weighted by atomic mass is 9.54. The van der Waals surface area contributed by atoms with Gasteiger partial charge in [0.05, 0.1) is 13.2 Å². The van der Waals surface area contributed by atoms with E-state index in [9.17, 15) is 4.79 Å². The maximum atomic E-state index is 10.9. The molecule has 5 rings (SSSR count). The molecule has 0 saturated heterocycles. The van der Waals surface area contributed by atoms with E-state index in [0.29, 0.717) is 11.5 Å². The van der Waals surface area contributed by atoms with Crippen molar-refractivity contribution < 1.29 is 32.0 Å². The highest BCUT2D eigenvalue weighted by Gasteiger charge is 2.50. The highest BCUT2D eigenvalue weighted by atomic mass is 35.5. The summed E-state index contributed by atoms with van der Waals surface area (Å²) in [5.41, 5.74) is 6.37. The third-order valence-electron chi connectivity index (χ3n) is 6.52. The second kappa shape index (κ2) is 8.05. The molecule has 1 amide bonds. The molecule has 4 bridgehead atoms. The Morgan fingerprint density at radius 1 is 1.12 bits per heavy atom. The number of quaternary nitrogens is 1. The van der Waals surface area contributed by atoms with Crippen LogP contribution in [-0.2, 0) is 11.3 Å². The van der Waals surface area contributed by atoms with E-state index >= 15 is 0 Å². The maximum absolute atomic E-state index is 10.9. The Balaban J connectivity index is 0.00000196. The Morgan fingerprint density at radius 2 is 1.77 bits per heavy atom. The third-order valence-corrected chi connectivity index (χ3v) is 6.52. The number of amides is 1. The zero-order valence-corrected chi connectivity index (χ0v) is 16.1. The van der Waals surface area contributed by atoms with Gasteiger partial charge >= 0.3 is 0 Å². The topological polar surface area (TPSA) is 78.2 Å². The summed E-state index contributed by atoms with van der Waals surface area (Å²) in [6.45, 7) is 0.842. The molecule has 4 N–H and O–H groups in total. The summed E-state index contributed by atoms with van der Waals surface area (Å²) in [6.07, 6.45) is 7.33. The van der Waals surface area contributed by atoms with Crippen molar-refractivity contribution in [1.82, 2.24) is 0 Å². The first-order valence-corrected chi connectivity index (χ1v) is 9.53. The molecule has 0 heterocycles. The summed E-state index contributed by atoms with van der Waals surface area (Å²) in [7, 11) is 1.62. The minimum Gasteiger partial charge on any atom is -1.00 e. The molecular weight excluding hydrogens is 352 g/mol. The summed E-state index contributed by atoms with van der Waals surface area (Å²) in [4.78, 5) is 10.9. The number of carbonyl (C=O) groups excluding carboxylic acids is 1. The number of benzene rings is 1. The predicted octanol–water partition coefficient (Wildman–Crippen LogP) is -1.55. The Labute approximate surface area is 161 Å². The van der Waals surface area contributed by atoms with E-state index in [-0.39, 0.29) is 19.0 Å². The largest absolute Gasteiger partial charge is 1.00 e. The number of carbonyl (C=O) groups is 1. The van der Waals surface area contributed by atoms with Crippen molar-refractivity contribution in [3.8, 4) is 11.5 Å². The molecule has 1 aromatic carbocycles. The SMILES string of the molecule is COc1cc(C[NH2+]C2C3CC4CC(C3)CC2C4)ccc1OCC(N)=O.[Cl-]. The molecule has 0 aromatic heterocycles. The van der Waals surface area contributed by atoms with Crippen LogP contribution in [0.1, 0.15) is 37.7 Å². The molecule has 4 saturated carbocycles. The van der Waals surface area contributed by atoms with E-state index in [1.54, 1.807) is 7.11 Å². The number of halogens is 1. The van der Waals surface area contributed by atoms with E-state index < -0.39 is 5.91 Å². The van der Waals surface area contributed by atoms with Crippen molar-refractivity contribution in [3.05, 3.63) is 23.8 Å². The third kappa shape index (κ3) is 3.94. The summed E-state index contributed by atoms with van der Waals surface area (Å²) < 4.78 is 10.8. The summed E-state index contributed by atoms with van der Waals surface area (Å²) in [5.74, 6) is 4.65. The van der Waals surface area contributed by atoms with Gasteiger partial charge in [-0.25, -0.2) is 0 Å². The minimum absolute atomic E-state index is 0. The number of methoxy groups -OCH3 is 1. The highest BCUT2D eigenvalue weighted by Crippen LogP contribution is 2.52. The van der Waals surface area contributed by atoms with Gasteiger partial charge in [0.1, 0.15) is 6.54 Å². The Morgan fingerprint density at radius 3 is 2.35 bits per heavy atom. The Kier molecular flexibility index (Phi) is 5.98. The lowest BCUT2D eigenvalue weighted by Gasteiger charge is -2.52. The molecule has 0 aliphatic heterocycles. The van der Waals surface area contributed by atoms with E-state index in [2.05, 4.69) is 11.4 Å². The van der Waals surface area contributed by atoms with Crippen LogP contribution in [0.5, 0.6) is 11.5 Å². The molecule has 4 aliphatic rings. The average molecular weight is 381 g/mol. The fraction of sp³-hybridized carbons (Fsp3) is 0.650. The normalized spacial score (nSPS) is 31.3. The monoisotopic (exact) mass is 380 g/mol. The van der Waals surface area contributed by atoms with E-state index in [0.717, 1.165) is 36.3 Å². The fourth-order valence-corrected chi connectivity index (χ4v) is 5.73. The number of hydrogen-bond acceptors (Lipinski definition) is 3. The van der Waals surface area contributed by atoms with Crippen LogP contribution in [0.25, 0.3) is 0 Å². The lowest BCUT2D eigenvalue weighted by molar-refractivity contribution is -0.723. The van der Waals surface area contributed by atoms with Crippen LogP contribution in [0.15, 0.2) is 18.2 Å². The second-order valence-electron chi connectivity index (χ2n) is 8.19. The summed E-state index contributed by atoms with van der Waals surface area (Å²) in [5, 5.41) is 2.56. The maximum Gasteiger partial charge on any atom is 0.255 e. The molecule has 1 aromatic rings. The molecule has 4 fully saturated rings. The quantitative estimate of drug-likeness (QED) is 0.601. The molecule has 144 valence electrons. The first-order valence-electron chi connectivity index (χ1n) is 9.53. The first-order chi connectivity index (χ1) is 12.1. The van der Waals surface area contributed by atoms with E-state index in [1.165, 1.54) is 37.7 Å². The summed E-state index contributed by atoms with van der Waals surface area (Å²) >= 11 is 0. The molecular formula is C20H29ClN2O3. The van der Waals surface area contributed by atoms with E-state index in [4.69, 9.17) is 15.2 Å². The molecule has 5 nitrogen and oxygen atoms in total. The van der Waals surface area contributed by atoms with Gasteiger partial charge in [0, 0.05) is 17.4 Å². The van der Waals surface area contributed by atoms with Gasteiger partial charge in [-0.2, -0.15) is 0 Å². The van der Waals surface area contributed by atoms with Crippen molar-refractivity contribution in [2.45, 2.75) is 44.7 Å². The van der Waals surface area contributed by atoms with Gasteiger partial charge in [-0.3, -0.25) is 4.79 Å². The number of primary amides is 1. The standard InChI is InChI=1S/C20H28N2O3.ClH/c1-24-18-9-12(2-3-17(18)25-11-19(21)23)10-22-20-15-5-13-4-14(7-15)8-16(20)6-13;/h2-3,9,13-16,20,22H,4-8,10-11H2,1H3,(H2,21,23);1H. The number of ether oxygens (including phenoxy) is 2. The van der Waals surface area contributed by atoms with Crippen molar-refractivity contribution in [3.63, 3.8) is 0 Å². The van der Waals surface area contributed by atoms with Gasteiger partial charge in [0.15, 0.2) is 18.1 Å². The Hall–Kier alpha value is -1.46. The number of nitrogens with two attached hydrogens (primary N) is 2. The van der Waals surface area contributed by atoms with Gasteiger partial charge in [0.25, 0.3) is 5.91 Å². The number of rotatable bonds is 7. The summed E-state index contributed by atoms with van der Waals surface area (Å²) in [6, 6.07) is 6.75. The van der Waals surface area contributed by atoms with Crippen molar-refractivity contribution in [1.29, 1.82) is 0 Å². The van der Waals surface area contributed by atoms with Crippen molar-refractivity contribution in [2.24, 2.45) is 29.4 Å². The zero-order chi connectivity index (χ0) is 17.4. The lowest BCUT2D eigenvalue weighted by Crippen LogP contribution is -3.00. The molecule has 6 heteroatoms. The highest BCUT2D eigenvalue weighted by molar-refractivity contribution is 5.75. The van der Waals surface area contributed by atoms with Crippen LogP contribution < -0.4 is 32.9 Å². The van der Waals surface area contributed by atoms with E-state index in [1.807, 2.05) is 12.1 Å². The molecule has 0 spiro atoms. The number of hydrogen-bond donors (Lipinski definition) is 2. The van der Waals surface area contributed by atoms with Gasteiger partial charge in [-0.15, -0.1) is 0 Å². The van der Waals surface area contributed by atoms with Crippen LogP contribution in [-0.4, -0.2) is 25.7 Å². The van der Waals surface area contributed by atoms with Crippen LogP contribution in [0.2, 0.25) is 0 Å². The fourth-order valence-electron chi connectivity index (χ4n) is 5.73. The van der Waals surface area contributed by atoms with Crippen LogP contribution >= 0.6 is 0 Å². The Bertz CT molecular complexity index is 624. The van der Waals surface area contributed by atoms with Crippen LogP contribution in [0.3, 0.4) is 0 Å². The van der Waals surface area contributed by atoms with Gasteiger partial charge in [-0.05, 0) is 62.1 Å². The zero-order valence-electron chi connectivity index (χ0n) is 15.3. The average Bonchev–Trinajstić information content (AvgIpc) is 2.59. The van der Waals surface area contributed by atoms with Crippen molar-refractivity contribution >= 4 is 5.91 Å². The minimum atomic E-state index is -0.485. The van der Waals surface area contributed by atoms with Crippen molar-refractivity contribution in [2.75, 3.05) is 13.7 Å². The predicted molar refractivity (Wildman–Crippen MR) is 94.1 cm³/mol. The molecule has 0 atom stereocenters.